The SMILES string of the molecule is O=Nc1cc2cncnc2[nH]1. The molecule has 0 aliphatic carbocycles. The van der Waals surface area contributed by atoms with Gasteiger partial charge in [-0.05, 0) is 11.2 Å². The second-order valence-electron chi connectivity index (χ2n) is 2.07. The minimum absolute atomic E-state index is 0.278. The van der Waals surface area contributed by atoms with E-state index in [1.54, 1.807) is 12.3 Å². The fourth-order valence-electron chi connectivity index (χ4n) is 0.904. The van der Waals surface area contributed by atoms with E-state index in [9.17, 15) is 4.91 Å². The lowest BCUT2D eigenvalue weighted by Gasteiger charge is -1.81. The van der Waals surface area contributed by atoms with Crippen LogP contribution in [0.5, 0.6) is 0 Å². The van der Waals surface area contributed by atoms with Crippen molar-refractivity contribution in [2.24, 2.45) is 5.18 Å². The molecule has 0 aromatic carbocycles. The third-order valence-corrected chi connectivity index (χ3v) is 1.38. The molecule has 0 fully saturated rings. The molecular weight excluding hydrogens is 144 g/mol. The van der Waals surface area contributed by atoms with Crippen molar-refractivity contribution in [1.82, 2.24) is 15.0 Å². The predicted octanol–water partition coefficient (Wildman–Crippen LogP) is 1.36. The fourth-order valence-corrected chi connectivity index (χ4v) is 0.904. The summed E-state index contributed by atoms with van der Waals surface area (Å²) >= 11 is 0. The number of H-pyrrole nitrogens is 1. The Bertz CT molecular complexity index is 361. The van der Waals surface area contributed by atoms with Crippen molar-refractivity contribution < 1.29 is 0 Å². The molecule has 5 heteroatoms. The van der Waals surface area contributed by atoms with Crippen molar-refractivity contribution in [3.8, 4) is 0 Å². The van der Waals surface area contributed by atoms with Crippen molar-refractivity contribution in [2.75, 3.05) is 0 Å². The van der Waals surface area contributed by atoms with Crippen LogP contribution in [0.15, 0.2) is 23.8 Å². The molecule has 5 nitrogen and oxygen atoms in total. The van der Waals surface area contributed by atoms with Crippen LogP contribution in [0.1, 0.15) is 0 Å². The van der Waals surface area contributed by atoms with E-state index in [1.165, 1.54) is 6.33 Å². The standard InChI is InChI=1S/C6H4N4O/c11-10-5-1-4-2-7-3-8-6(4)9-5/h1-3H,(H,7,8,9). The van der Waals surface area contributed by atoms with E-state index >= 15 is 0 Å². The maximum absolute atomic E-state index is 10.0. The molecule has 11 heavy (non-hydrogen) atoms. The molecule has 54 valence electrons. The van der Waals surface area contributed by atoms with Crippen LogP contribution < -0.4 is 0 Å². The second kappa shape index (κ2) is 2.12. The lowest BCUT2D eigenvalue weighted by atomic mass is 10.4. The molecular formula is C6H4N4O. The summed E-state index contributed by atoms with van der Waals surface area (Å²) in [7, 11) is 0. The molecule has 1 N–H and O–H groups in total. The maximum atomic E-state index is 10.0. The van der Waals surface area contributed by atoms with Gasteiger partial charge in [0.2, 0.25) is 0 Å². The minimum atomic E-state index is 0.278. The van der Waals surface area contributed by atoms with E-state index in [0.717, 1.165) is 5.39 Å². The van der Waals surface area contributed by atoms with Gasteiger partial charge in [0.25, 0.3) is 0 Å². The number of rotatable bonds is 1. The van der Waals surface area contributed by atoms with Crippen LogP contribution >= 0.6 is 0 Å². The molecule has 0 bridgehead atoms. The average molecular weight is 148 g/mol. The van der Waals surface area contributed by atoms with E-state index in [2.05, 4.69) is 20.1 Å². The Morgan fingerprint density at radius 2 is 2.45 bits per heavy atom. The molecule has 2 rings (SSSR count). The summed E-state index contributed by atoms with van der Waals surface area (Å²) in [4.78, 5) is 20.4. The number of hydrogen-bond donors (Lipinski definition) is 1. The van der Waals surface area contributed by atoms with Crippen molar-refractivity contribution >= 4 is 16.9 Å². The van der Waals surface area contributed by atoms with Crippen molar-refractivity contribution in [3.63, 3.8) is 0 Å². The van der Waals surface area contributed by atoms with Crippen LogP contribution in [0.3, 0.4) is 0 Å². The van der Waals surface area contributed by atoms with Gasteiger partial charge in [-0.2, -0.15) is 0 Å². The molecule has 2 aromatic rings. The van der Waals surface area contributed by atoms with E-state index in [4.69, 9.17) is 0 Å². The summed E-state index contributed by atoms with van der Waals surface area (Å²) in [6.07, 6.45) is 3.03. The van der Waals surface area contributed by atoms with Gasteiger partial charge in [-0.25, -0.2) is 9.97 Å². The number of nitrogens with zero attached hydrogens (tertiary/aromatic N) is 3. The Kier molecular flexibility index (Phi) is 1.15. The molecule has 0 aliphatic rings. The summed E-state index contributed by atoms with van der Waals surface area (Å²) in [6.45, 7) is 0. The first-order valence-corrected chi connectivity index (χ1v) is 3.02. The van der Waals surface area contributed by atoms with Crippen LogP contribution in [0.4, 0.5) is 5.82 Å². The van der Waals surface area contributed by atoms with Gasteiger partial charge in [0.15, 0.2) is 5.82 Å². The zero-order valence-electron chi connectivity index (χ0n) is 5.48. The minimum Gasteiger partial charge on any atom is -0.321 e. The average Bonchev–Trinajstić information content (AvgIpc) is 2.46. The molecule has 0 unspecified atom stereocenters. The van der Waals surface area contributed by atoms with Gasteiger partial charge < -0.3 is 4.98 Å². The van der Waals surface area contributed by atoms with Gasteiger partial charge in [-0.3, -0.25) is 0 Å². The fraction of sp³-hybridized carbons (Fsp3) is 0. The predicted molar refractivity (Wildman–Crippen MR) is 39.3 cm³/mol. The zero-order valence-corrected chi connectivity index (χ0v) is 5.48. The number of aromatic amines is 1. The Morgan fingerprint density at radius 3 is 3.18 bits per heavy atom. The largest absolute Gasteiger partial charge is 0.321 e. The Labute approximate surface area is 61.5 Å². The Hall–Kier alpha value is -1.78. The summed E-state index contributed by atoms with van der Waals surface area (Å²) < 4.78 is 0. The molecule has 0 spiro atoms. The number of hydrogen-bond acceptors (Lipinski definition) is 4. The van der Waals surface area contributed by atoms with Gasteiger partial charge in [-0.15, -0.1) is 4.91 Å². The van der Waals surface area contributed by atoms with Gasteiger partial charge in [0, 0.05) is 11.6 Å². The molecule has 2 aromatic heterocycles. The maximum Gasteiger partial charge on any atom is 0.177 e. The normalized spacial score (nSPS) is 10.2. The molecule has 0 aliphatic heterocycles. The van der Waals surface area contributed by atoms with Gasteiger partial charge in [-0.1, -0.05) is 0 Å². The first-order chi connectivity index (χ1) is 5.40. The second-order valence-corrected chi connectivity index (χ2v) is 2.07. The van der Waals surface area contributed by atoms with E-state index in [1.807, 2.05) is 0 Å². The van der Waals surface area contributed by atoms with Crippen molar-refractivity contribution in [1.29, 1.82) is 0 Å². The van der Waals surface area contributed by atoms with E-state index in [0.29, 0.717) is 5.65 Å². The Morgan fingerprint density at radius 1 is 1.55 bits per heavy atom. The number of fused-ring (bicyclic) bond motifs is 1. The molecule has 0 saturated carbocycles. The number of nitroso groups, excluding NO2 is 1. The monoisotopic (exact) mass is 148 g/mol. The summed E-state index contributed by atoms with van der Waals surface area (Å²) in [5, 5.41) is 3.53. The van der Waals surface area contributed by atoms with E-state index < -0.39 is 0 Å². The smallest absolute Gasteiger partial charge is 0.177 e. The Balaban J connectivity index is 2.78. The first-order valence-electron chi connectivity index (χ1n) is 3.02. The molecule has 0 amide bonds. The molecule has 0 radical (unpaired) electrons. The highest BCUT2D eigenvalue weighted by molar-refractivity contribution is 5.78. The third kappa shape index (κ3) is 0.861. The first kappa shape index (κ1) is 5.96. The lowest BCUT2D eigenvalue weighted by Crippen LogP contribution is -1.75. The lowest BCUT2D eigenvalue weighted by molar-refractivity contribution is 1.20. The number of aromatic nitrogens is 3. The highest BCUT2D eigenvalue weighted by atomic mass is 16.3. The van der Waals surface area contributed by atoms with Crippen LogP contribution in [0.25, 0.3) is 11.0 Å². The van der Waals surface area contributed by atoms with Crippen molar-refractivity contribution in [2.45, 2.75) is 0 Å². The summed E-state index contributed by atoms with van der Waals surface area (Å²) in [5.41, 5.74) is 0.634. The van der Waals surface area contributed by atoms with Gasteiger partial charge in [0.1, 0.15) is 12.0 Å². The van der Waals surface area contributed by atoms with E-state index in [-0.39, 0.29) is 5.82 Å². The van der Waals surface area contributed by atoms with Gasteiger partial charge in [0.05, 0.1) is 0 Å². The quantitative estimate of drug-likeness (QED) is 0.620. The summed E-state index contributed by atoms with van der Waals surface area (Å²) in [6, 6.07) is 1.60. The van der Waals surface area contributed by atoms with Gasteiger partial charge >= 0.3 is 0 Å². The van der Waals surface area contributed by atoms with Crippen molar-refractivity contribution in [3.05, 3.63) is 23.5 Å². The van der Waals surface area contributed by atoms with Crippen LogP contribution in [-0.2, 0) is 0 Å². The highest BCUT2D eigenvalue weighted by Gasteiger charge is 1.99. The molecule has 0 saturated heterocycles. The zero-order chi connectivity index (χ0) is 7.68. The van der Waals surface area contributed by atoms with Crippen LogP contribution in [0, 0.1) is 4.91 Å². The number of nitrogens with one attached hydrogen (secondary N) is 1. The van der Waals surface area contributed by atoms with Crippen LogP contribution in [0.2, 0.25) is 0 Å². The molecule has 2 heterocycles. The summed E-state index contributed by atoms with van der Waals surface area (Å²) in [5.74, 6) is 0.278. The topological polar surface area (TPSA) is 71.0 Å². The molecule has 0 atom stereocenters. The highest BCUT2D eigenvalue weighted by Crippen LogP contribution is 2.16. The third-order valence-electron chi connectivity index (χ3n) is 1.38. The van der Waals surface area contributed by atoms with Crippen LogP contribution in [-0.4, -0.2) is 15.0 Å².